The molecule has 0 aromatic carbocycles. The van der Waals surface area contributed by atoms with Gasteiger partial charge < -0.3 is 10.2 Å². The van der Waals surface area contributed by atoms with Crippen LogP contribution in [-0.4, -0.2) is 43.1 Å². The van der Waals surface area contributed by atoms with Gasteiger partial charge in [-0.3, -0.25) is 4.98 Å². The molecule has 0 spiro atoms. The molecule has 1 fully saturated rings. The van der Waals surface area contributed by atoms with Crippen LogP contribution in [0.5, 0.6) is 0 Å². The van der Waals surface area contributed by atoms with Gasteiger partial charge in [0.15, 0.2) is 0 Å². The number of likely N-dealkylation sites (N-methyl/N-ethyl adjacent to an activating group) is 1. The van der Waals surface area contributed by atoms with Gasteiger partial charge in [-0.25, -0.2) is 0 Å². The zero-order valence-electron chi connectivity index (χ0n) is 10.0. The maximum absolute atomic E-state index is 4.14. The normalized spacial score (nSPS) is 20.5. The minimum absolute atomic E-state index is 0.846. The molecule has 1 atom stereocenters. The average Bonchev–Trinajstić information content (AvgIpc) is 2.81. The van der Waals surface area contributed by atoms with Crippen LogP contribution in [0.25, 0.3) is 0 Å². The molecule has 0 saturated carbocycles. The van der Waals surface area contributed by atoms with E-state index in [4.69, 9.17) is 0 Å². The molecule has 1 aromatic rings. The molecule has 1 unspecified atom stereocenters. The Morgan fingerprint density at radius 1 is 1.56 bits per heavy atom. The van der Waals surface area contributed by atoms with Gasteiger partial charge in [0, 0.05) is 25.5 Å². The molecule has 0 amide bonds. The van der Waals surface area contributed by atoms with Gasteiger partial charge in [0.2, 0.25) is 0 Å². The Balaban J connectivity index is 1.69. The Bertz CT molecular complexity index is 293. The number of aromatic nitrogens is 1. The van der Waals surface area contributed by atoms with Gasteiger partial charge in [-0.2, -0.15) is 0 Å². The third kappa shape index (κ3) is 3.58. The highest BCUT2D eigenvalue weighted by Crippen LogP contribution is 2.09. The van der Waals surface area contributed by atoms with Gasteiger partial charge in [0.05, 0.1) is 0 Å². The van der Waals surface area contributed by atoms with E-state index < -0.39 is 0 Å². The molecule has 16 heavy (non-hydrogen) atoms. The van der Waals surface area contributed by atoms with Crippen molar-refractivity contribution in [1.29, 1.82) is 0 Å². The van der Waals surface area contributed by atoms with Crippen molar-refractivity contribution in [3.05, 3.63) is 30.1 Å². The monoisotopic (exact) mass is 219 g/mol. The van der Waals surface area contributed by atoms with Crippen LogP contribution >= 0.6 is 0 Å². The first kappa shape index (κ1) is 11.6. The highest BCUT2D eigenvalue weighted by Gasteiger charge is 2.15. The van der Waals surface area contributed by atoms with Crippen LogP contribution < -0.4 is 5.32 Å². The lowest BCUT2D eigenvalue weighted by Crippen LogP contribution is -2.28. The summed E-state index contributed by atoms with van der Waals surface area (Å²) in [5.74, 6) is 0.846. The number of hydrogen-bond donors (Lipinski definition) is 1. The van der Waals surface area contributed by atoms with E-state index in [1.54, 1.807) is 0 Å². The SMILES string of the molecule is CN(CCc1cccnc1)CC1CCNC1. The molecular weight excluding hydrogens is 198 g/mol. The Morgan fingerprint density at radius 2 is 2.50 bits per heavy atom. The first-order valence-corrected chi connectivity index (χ1v) is 6.13. The Labute approximate surface area is 97.9 Å². The summed E-state index contributed by atoms with van der Waals surface area (Å²) in [6.45, 7) is 4.73. The summed E-state index contributed by atoms with van der Waals surface area (Å²) in [6, 6.07) is 4.16. The number of pyridine rings is 1. The first-order valence-electron chi connectivity index (χ1n) is 6.13. The Morgan fingerprint density at radius 3 is 3.19 bits per heavy atom. The smallest absolute Gasteiger partial charge is 0.0300 e. The number of nitrogens with zero attached hydrogens (tertiary/aromatic N) is 2. The molecule has 1 N–H and O–H groups in total. The minimum Gasteiger partial charge on any atom is -0.316 e. The Hall–Kier alpha value is -0.930. The van der Waals surface area contributed by atoms with Crippen LogP contribution in [-0.2, 0) is 6.42 Å². The first-order chi connectivity index (χ1) is 7.84. The number of hydrogen-bond acceptors (Lipinski definition) is 3. The van der Waals surface area contributed by atoms with E-state index in [9.17, 15) is 0 Å². The summed E-state index contributed by atoms with van der Waals surface area (Å²) < 4.78 is 0. The second kappa shape index (κ2) is 5.97. The molecule has 0 bridgehead atoms. The molecule has 3 heteroatoms. The maximum Gasteiger partial charge on any atom is 0.0300 e. The summed E-state index contributed by atoms with van der Waals surface area (Å²) in [6.07, 6.45) is 6.23. The third-order valence-corrected chi connectivity index (χ3v) is 3.24. The molecule has 1 saturated heterocycles. The molecular formula is C13H21N3. The maximum atomic E-state index is 4.14. The highest BCUT2D eigenvalue weighted by atomic mass is 15.1. The number of nitrogens with one attached hydrogen (secondary N) is 1. The van der Waals surface area contributed by atoms with Crippen molar-refractivity contribution < 1.29 is 0 Å². The quantitative estimate of drug-likeness (QED) is 0.805. The molecule has 1 aromatic heterocycles. The van der Waals surface area contributed by atoms with E-state index in [0.29, 0.717) is 0 Å². The zero-order valence-corrected chi connectivity index (χ0v) is 10.0. The van der Waals surface area contributed by atoms with Crippen LogP contribution in [0.1, 0.15) is 12.0 Å². The molecule has 1 aliphatic rings. The molecule has 88 valence electrons. The van der Waals surface area contributed by atoms with E-state index in [0.717, 1.165) is 18.9 Å². The predicted molar refractivity (Wildman–Crippen MR) is 66.4 cm³/mol. The summed E-state index contributed by atoms with van der Waals surface area (Å²) in [7, 11) is 2.22. The van der Waals surface area contributed by atoms with E-state index in [-0.39, 0.29) is 0 Å². The fraction of sp³-hybridized carbons (Fsp3) is 0.615. The van der Waals surface area contributed by atoms with Gasteiger partial charge in [0.25, 0.3) is 0 Å². The van der Waals surface area contributed by atoms with Crippen LogP contribution in [0, 0.1) is 5.92 Å². The molecule has 1 aliphatic heterocycles. The van der Waals surface area contributed by atoms with Crippen molar-refractivity contribution in [2.24, 2.45) is 5.92 Å². The van der Waals surface area contributed by atoms with Crippen LogP contribution in [0.3, 0.4) is 0 Å². The van der Waals surface area contributed by atoms with Crippen molar-refractivity contribution in [3.63, 3.8) is 0 Å². The molecule has 2 heterocycles. The molecule has 2 rings (SSSR count). The van der Waals surface area contributed by atoms with E-state index in [1.807, 2.05) is 18.5 Å². The van der Waals surface area contributed by atoms with Crippen molar-refractivity contribution in [2.75, 3.05) is 33.2 Å². The lowest BCUT2D eigenvalue weighted by Gasteiger charge is -2.20. The van der Waals surface area contributed by atoms with E-state index >= 15 is 0 Å². The second-order valence-corrected chi connectivity index (χ2v) is 4.73. The topological polar surface area (TPSA) is 28.2 Å². The highest BCUT2D eigenvalue weighted by molar-refractivity contribution is 5.08. The van der Waals surface area contributed by atoms with Gasteiger partial charge in [-0.05, 0) is 50.5 Å². The minimum atomic E-state index is 0.846. The average molecular weight is 219 g/mol. The van der Waals surface area contributed by atoms with Gasteiger partial charge in [-0.15, -0.1) is 0 Å². The van der Waals surface area contributed by atoms with Gasteiger partial charge in [0.1, 0.15) is 0 Å². The van der Waals surface area contributed by atoms with Crippen LogP contribution in [0.2, 0.25) is 0 Å². The Kier molecular flexibility index (Phi) is 4.31. The van der Waals surface area contributed by atoms with Gasteiger partial charge in [-0.1, -0.05) is 6.07 Å². The molecule has 0 radical (unpaired) electrons. The van der Waals surface area contributed by atoms with Crippen molar-refractivity contribution in [3.8, 4) is 0 Å². The third-order valence-electron chi connectivity index (χ3n) is 3.24. The fourth-order valence-electron chi connectivity index (χ4n) is 2.27. The standard InChI is InChI=1S/C13H21N3/c1-16(11-13-4-7-15-10-13)8-5-12-3-2-6-14-9-12/h2-3,6,9,13,15H,4-5,7-8,10-11H2,1H3. The molecule has 3 nitrogen and oxygen atoms in total. The number of rotatable bonds is 5. The fourth-order valence-corrected chi connectivity index (χ4v) is 2.27. The van der Waals surface area contributed by atoms with Crippen LogP contribution in [0.15, 0.2) is 24.5 Å². The molecule has 0 aliphatic carbocycles. The summed E-state index contributed by atoms with van der Waals surface area (Å²) >= 11 is 0. The van der Waals surface area contributed by atoms with Crippen molar-refractivity contribution in [1.82, 2.24) is 15.2 Å². The van der Waals surface area contributed by atoms with Crippen LogP contribution in [0.4, 0.5) is 0 Å². The van der Waals surface area contributed by atoms with Crippen molar-refractivity contribution in [2.45, 2.75) is 12.8 Å². The summed E-state index contributed by atoms with van der Waals surface area (Å²) in [5, 5.41) is 3.41. The summed E-state index contributed by atoms with van der Waals surface area (Å²) in [5.41, 5.74) is 1.33. The zero-order chi connectivity index (χ0) is 11.2. The second-order valence-electron chi connectivity index (χ2n) is 4.73. The van der Waals surface area contributed by atoms with E-state index in [1.165, 1.54) is 31.6 Å². The largest absolute Gasteiger partial charge is 0.316 e. The lowest BCUT2D eigenvalue weighted by molar-refractivity contribution is 0.288. The van der Waals surface area contributed by atoms with Gasteiger partial charge >= 0.3 is 0 Å². The van der Waals surface area contributed by atoms with Crippen molar-refractivity contribution >= 4 is 0 Å². The van der Waals surface area contributed by atoms with E-state index in [2.05, 4.69) is 28.3 Å². The lowest BCUT2D eigenvalue weighted by atomic mass is 10.1. The predicted octanol–water partition coefficient (Wildman–Crippen LogP) is 1.17. The summed E-state index contributed by atoms with van der Waals surface area (Å²) in [4.78, 5) is 6.57.